The molecule has 0 fully saturated rings. The predicted molar refractivity (Wildman–Crippen MR) is 86.1 cm³/mol. The number of nitrogens with one attached hydrogen (secondary N) is 1. The average Bonchev–Trinajstić information content (AvgIpc) is 2.48. The van der Waals surface area contributed by atoms with Gasteiger partial charge in [-0.1, -0.05) is 0 Å². The van der Waals surface area contributed by atoms with E-state index in [1.54, 1.807) is 43.9 Å². The zero-order valence-corrected chi connectivity index (χ0v) is 13.4. The molecule has 2 aromatic rings. The van der Waals surface area contributed by atoms with Crippen molar-refractivity contribution in [2.75, 3.05) is 14.2 Å². The fourth-order valence-corrected chi connectivity index (χ4v) is 2.47. The zero-order chi connectivity index (χ0) is 16.3. The van der Waals surface area contributed by atoms with Crippen molar-refractivity contribution < 1.29 is 14.6 Å². The minimum Gasteiger partial charge on any atom is -0.497 e. The molecule has 1 heterocycles. The first kappa shape index (κ1) is 16.3. The van der Waals surface area contributed by atoms with Crippen molar-refractivity contribution in [3.05, 3.63) is 39.4 Å². The van der Waals surface area contributed by atoms with Crippen LogP contribution in [0.5, 0.6) is 11.5 Å². The minimum atomic E-state index is -0.611. The molecule has 118 valence electrons. The largest absolute Gasteiger partial charge is 0.497 e. The first-order valence-electron chi connectivity index (χ1n) is 6.71. The summed E-state index contributed by atoms with van der Waals surface area (Å²) in [5.41, 5.74) is 0.968. The van der Waals surface area contributed by atoms with Crippen LogP contribution >= 0.6 is 12.2 Å². The molecule has 0 aliphatic rings. The molecule has 1 unspecified atom stereocenters. The van der Waals surface area contributed by atoms with Gasteiger partial charge < -0.3 is 19.1 Å². The Labute approximate surface area is 133 Å². The van der Waals surface area contributed by atoms with E-state index in [9.17, 15) is 9.90 Å². The number of ether oxygens (including phenoxy) is 2. The Morgan fingerprint density at radius 3 is 2.64 bits per heavy atom. The first-order chi connectivity index (χ1) is 10.5. The van der Waals surface area contributed by atoms with Crippen LogP contribution in [0.4, 0.5) is 0 Å². The summed E-state index contributed by atoms with van der Waals surface area (Å²) in [6.45, 7) is 1.92. The SMILES string of the molecule is COc1ccc(-c2cc(=O)[nH]c(=S)n2CC(C)O)c(OC)c1. The maximum absolute atomic E-state index is 11.8. The normalized spacial score (nSPS) is 12.0. The fraction of sp³-hybridized carbons (Fsp3) is 0.333. The summed E-state index contributed by atoms with van der Waals surface area (Å²) in [7, 11) is 3.11. The Bertz CT molecular complexity index is 780. The Balaban J connectivity index is 2.71. The molecule has 6 nitrogen and oxygen atoms in total. The second kappa shape index (κ2) is 6.76. The van der Waals surface area contributed by atoms with Crippen molar-refractivity contribution >= 4 is 12.2 Å². The van der Waals surface area contributed by atoms with Gasteiger partial charge in [-0.15, -0.1) is 0 Å². The molecule has 0 radical (unpaired) electrons. The molecule has 0 bridgehead atoms. The van der Waals surface area contributed by atoms with Gasteiger partial charge in [0.1, 0.15) is 11.5 Å². The lowest BCUT2D eigenvalue weighted by Crippen LogP contribution is -2.20. The van der Waals surface area contributed by atoms with E-state index in [2.05, 4.69) is 4.98 Å². The molecule has 2 N–H and O–H groups in total. The quantitative estimate of drug-likeness (QED) is 0.823. The number of aromatic amines is 1. The highest BCUT2D eigenvalue weighted by Crippen LogP contribution is 2.32. The Morgan fingerprint density at radius 2 is 2.05 bits per heavy atom. The maximum atomic E-state index is 11.8. The van der Waals surface area contributed by atoms with Gasteiger partial charge in [0.2, 0.25) is 0 Å². The van der Waals surface area contributed by atoms with Gasteiger partial charge in [-0.2, -0.15) is 0 Å². The second-order valence-corrected chi connectivity index (χ2v) is 5.24. The zero-order valence-electron chi connectivity index (χ0n) is 12.6. The number of aliphatic hydroxyl groups excluding tert-OH is 1. The fourth-order valence-electron chi connectivity index (χ4n) is 2.20. The molecule has 7 heteroatoms. The van der Waals surface area contributed by atoms with Gasteiger partial charge >= 0.3 is 0 Å². The number of benzene rings is 1. The third-order valence-electron chi connectivity index (χ3n) is 3.17. The number of nitrogens with zero attached hydrogens (tertiary/aromatic N) is 1. The molecule has 0 spiro atoms. The number of hydrogen-bond donors (Lipinski definition) is 2. The number of hydrogen-bond acceptors (Lipinski definition) is 5. The van der Waals surface area contributed by atoms with E-state index in [-0.39, 0.29) is 16.9 Å². The summed E-state index contributed by atoms with van der Waals surface area (Å²) >= 11 is 5.20. The maximum Gasteiger partial charge on any atom is 0.252 e. The van der Waals surface area contributed by atoms with Crippen molar-refractivity contribution in [1.29, 1.82) is 0 Å². The van der Waals surface area contributed by atoms with Gasteiger partial charge in [0.15, 0.2) is 4.77 Å². The Hall–Kier alpha value is -2.12. The highest BCUT2D eigenvalue weighted by molar-refractivity contribution is 7.71. The molecule has 0 amide bonds. The molecule has 1 aromatic carbocycles. The smallest absolute Gasteiger partial charge is 0.252 e. The van der Waals surface area contributed by atoms with Gasteiger partial charge in [0, 0.05) is 17.7 Å². The van der Waals surface area contributed by atoms with E-state index in [4.69, 9.17) is 21.7 Å². The average molecular weight is 322 g/mol. The Kier molecular flexibility index (Phi) is 4.99. The van der Waals surface area contributed by atoms with Crippen LogP contribution in [0.3, 0.4) is 0 Å². The van der Waals surface area contributed by atoms with Crippen LogP contribution in [-0.4, -0.2) is 35.0 Å². The molecule has 0 aliphatic heterocycles. The summed E-state index contributed by atoms with van der Waals surface area (Å²) < 4.78 is 12.5. The highest BCUT2D eigenvalue weighted by atomic mass is 32.1. The summed E-state index contributed by atoms with van der Waals surface area (Å²) in [5.74, 6) is 1.20. The van der Waals surface area contributed by atoms with Crippen molar-refractivity contribution in [1.82, 2.24) is 9.55 Å². The molecule has 0 aliphatic carbocycles. The molecule has 2 rings (SSSR count). The van der Waals surface area contributed by atoms with Gasteiger partial charge in [-0.25, -0.2) is 0 Å². The number of rotatable bonds is 5. The van der Waals surface area contributed by atoms with Crippen LogP contribution in [0.25, 0.3) is 11.3 Å². The number of aliphatic hydroxyl groups is 1. The number of methoxy groups -OCH3 is 2. The van der Waals surface area contributed by atoms with Gasteiger partial charge in [0.05, 0.1) is 32.6 Å². The van der Waals surface area contributed by atoms with Crippen LogP contribution in [0.15, 0.2) is 29.1 Å². The minimum absolute atomic E-state index is 0.251. The first-order valence-corrected chi connectivity index (χ1v) is 7.11. The molecular weight excluding hydrogens is 304 g/mol. The third-order valence-corrected chi connectivity index (χ3v) is 3.49. The summed E-state index contributed by atoms with van der Waals surface area (Å²) in [5, 5.41) is 9.67. The van der Waals surface area contributed by atoms with E-state index in [1.165, 1.54) is 6.07 Å². The van der Waals surface area contributed by atoms with Gasteiger partial charge in [-0.3, -0.25) is 9.78 Å². The summed E-state index contributed by atoms with van der Waals surface area (Å²) in [4.78, 5) is 14.3. The van der Waals surface area contributed by atoms with Crippen LogP contribution in [0, 0.1) is 4.77 Å². The van der Waals surface area contributed by atoms with Gasteiger partial charge in [0.25, 0.3) is 5.56 Å². The lowest BCUT2D eigenvalue weighted by Gasteiger charge is -2.17. The Morgan fingerprint density at radius 1 is 1.32 bits per heavy atom. The van der Waals surface area contributed by atoms with E-state index in [0.717, 1.165) is 0 Å². The van der Waals surface area contributed by atoms with E-state index in [1.807, 2.05) is 0 Å². The molecule has 0 saturated heterocycles. The van der Waals surface area contributed by atoms with Crippen molar-refractivity contribution in [2.45, 2.75) is 19.6 Å². The highest BCUT2D eigenvalue weighted by Gasteiger charge is 2.14. The molecule has 1 atom stereocenters. The van der Waals surface area contributed by atoms with Crippen LogP contribution in [0.1, 0.15) is 6.92 Å². The number of aromatic nitrogens is 2. The lowest BCUT2D eigenvalue weighted by atomic mass is 10.1. The molecular formula is C15H18N2O4S. The van der Waals surface area contributed by atoms with Crippen molar-refractivity contribution in [3.8, 4) is 22.8 Å². The molecule has 0 saturated carbocycles. The van der Waals surface area contributed by atoms with Crippen LogP contribution in [-0.2, 0) is 6.54 Å². The third kappa shape index (κ3) is 3.37. The van der Waals surface area contributed by atoms with Crippen molar-refractivity contribution in [3.63, 3.8) is 0 Å². The van der Waals surface area contributed by atoms with E-state index >= 15 is 0 Å². The van der Waals surface area contributed by atoms with Crippen molar-refractivity contribution in [2.24, 2.45) is 0 Å². The number of H-pyrrole nitrogens is 1. The lowest BCUT2D eigenvalue weighted by molar-refractivity contribution is 0.173. The summed E-state index contributed by atoms with van der Waals surface area (Å²) in [6.07, 6.45) is -0.611. The second-order valence-electron chi connectivity index (χ2n) is 4.85. The monoisotopic (exact) mass is 322 g/mol. The molecule has 22 heavy (non-hydrogen) atoms. The van der Waals surface area contributed by atoms with E-state index < -0.39 is 6.10 Å². The topological polar surface area (TPSA) is 76.5 Å². The predicted octanol–water partition coefficient (Wildman–Crippen LogP) is 1.97. The van der Waals surface area contributed by atoms with Gasteiger partial charge in [-0.05, 0) is 31.3 Å². The van der Waals surface area contributed by atoms with Crippen LogP contribution in [0.2, 0.25) is 0 Å². The molecule has 1 aromatic heterocycles. The summed E-state index contributed by atoms with van der Waals surface area (Å²) in [6, 6.07) is 6.73. The van der Waals surface area contributed by atoms with Crippen LogP contribution < -0.4 is 15.0 Å². The standard InChI is InChI=1S/C15H18N2O4S/c1-9(18)8-17-12(7-14(19)16-15(17)22)11-5-4-10(20-2)6-13(11)21-3/h4-7,9,18H,8H2,1-3H3,(H,16,19,22). The van der Waals surface area contributed by atoms with E-state index in [0.29, 0.717) is 22.8 Å².